The van der Waals surface area contributed by atoms with Gasteiger partial charge in [0.25, 0.3) is 5.91 Å². The summed E-state index contributed by atoms with van der Waals surface area (Å²) in [5, 5.41) is 7.24. The maximum Gasteiger partial charge on any atom is 0.272 e. The average Bonchev–Trinajstić information content (AvgIpc) is 2.84. The van der Waals surface area contributed by atoms with Crippen LogP contribution in [-0.2, 0) is 9.47 Å². The molecule has 2 saturated heterocycles. The first-order chi connectivity index (χ1) is 15.7. The Morgan fingerprint density at radius 2 is 1.94 bits per heavy atom. The fourth-order valence-corrected chi connectivity index (χ4v) is 5.31. The summed E-state index contributed by atoms with van der Waals surface area (Å²) >= 11 is 0. The Bertz CT molecular complexity index is 747. The monoisotopic (exact) mass is 445 g/mol. The highest BCUT2D eigenvalue weighted by atomic mass is 16.5. The smallest absolute Gasteiger partial charge is 0.272 e. The van der Waals surface area contributed by atoms with Crippen molar-refractivity contribution in [3.63, 3.8) is 0 Å². The van der Waals surface area contributed by atoms with E-state index >= 15 is 0 Å². The number of carbonyl (C=O) groups is 1. The fourth-order valence-electron chi connectivity index (χ4n) is 5.31. The van der Waals surface area contributed by atoms with E-state index in [4.69, 9.17) is 9.47 Å². The zero-order valence-corrected chi connectivity index (χ0v) is 19.6. The van der Waals surface area contributed by atoms with E-state index in [2.05, 4.69) is 20.6 Å². The van der Waals surface area contributed by atoms with Crippen LogP contribution in [0.5, 0.6) is 0 Å². The number of carbonyl (C=O) groups excluding carboxylic acids is 1. The molecular formula is C24H39N5O3. The molecule has 0 aromatic carbocycles. The number of piperidine rings is 1. The van der Waals surface area contributed by atoms with Crippen LogP contribution in [0.15, 0.2) is 6.33 Å². The Labute approximate surface area is 191 Å². The number of nitrogens with one attached hydrogen (secondary N) is 2. The molecule has 0 radical (unpaired) electrons. The summed E-state index contributed by atoms with van der Waals surface area (Å²) in [6.45, 7) is 5.80. The number of nitrogens with zero attached hydrogens (tertiary/aromatic N) is 3. The highest BCUT2D eigenvalue weighted by Crippen LogP contribution is 2.25. The lowest BCUT2D eigenvalue weighted by Gasteiger charge is -2.38. The highest BCUT2D eigenvalue weighted by Gasteiger charge is 2.31. The van der Waals surface area contributed by atoms with Gasteiger partial charge in [0.2, 0.25) is 0 Å². The van der Waals surface area contributed by atoms with Crippen molar-refractivity contribution in [2.45, 2.75) is 76.5 Å². The maximum atomic E-state index is 13.2. The molecule has 1 aromatic heterocycles. The van der Waals surface area contributed by atoms with Gasteiger partial charge in [-0.3, -0.25) is 4.79 Å². The molecule has 32 heavy (non-hydrogen) atoms. The molecule has 4 rings (SSSR count). The maximum absolute atomic E-state index is 13.2. The van der Waals surface area contributed by atoms with Crippen LogP contribution < -0.4 is 10.6 Å². The third-order valence-electron chi connectivity index (χ3n) is 7.41. The third kappa shape index (κ3) is 5.77. The van der Waals surface area contributed by atoms with Gasteiger partial charge in [0.05, 0.1) is 12.7 Å². The van der Waals surface area contributed by atoms with Crippen molar-refractivity contribution in [1.82, 2.24) is 20.2 Å². The van der Waals surface area contributed by atoms with Gasteiger partial charge in [-0.25, -0.2) is 9.97 Å². The first-order valence-electron chi connectivity index (χ1n) is 12.4. The Morgan fingerprint density at radius 1 is 1.16 bits per heavy atom. The number of likely N-dealkylation sites (tertiary alicyclic amines) is 1. The van der Waals surface area contributed by atoms with Crippen LogP contribution in [0.2, 0.25) is 0 Å². The Morgan fingerprint density at radius 3 is 2.69 bits per heavy atom. The van der Waals surface area contributed by atoms with Crippen LogP contribution in [0.1, 0.15) is 67.4 Å². The largest absolute Gasteiger partial charge is 0.379 e. The van der Waals surface area contributed by atoms with Crippen LogP contribution in [-0.4, -0.2) is 78.9 Å². The second-order valence-corrected chi connectivity index (χ2v) is 9.56. The molecule has 2 atom stereocenters. The van der Waals surface area contributed by atoms with Gasteiger partial charge in [0.15, 0.2) is 0 Å². The molecule has 2 aliphatic heterocycles. The molecule has 3 fully saturated rings. The predicted molar refractivity (Wildman–Crippen MR) is 124 cm³/mol. The van der Waals surface area contributed by atoms with E-state index in [-0.39, 0.29) is 12.0 Å². The Kier molecular flexibility index (Phi) is 8.32. The van der Waals surface area contributed by atoms with E-state index in [1.165, 1.54) is 38.4 Å². The topological polar surface area (TPSA) is 88.6 Å². The highest BCUT2D eigenvalue weighted by molar-refractivity contribution is 5.94. The van der Waals surface area contributed by atoms with Crippen LogP contribution in [0.4, 0.5) is 5.82 Å². The lowest BCUT2D eigenvalue weighted by atomic mass is 9.89. The molecule has 1 aromatic rings. The van der Waals surface area contributed by atoms with Gasteiger partial charge in [0, 0.05) is 51.0 Å². The summed E-state index contributed by atoms with van der Waals surface area (Å²) in [5.41, 5.74) is 1.39. The number of anilines is 1. The van der Waals surface area contributed by atoms with Gasteiger partial charge in [-0.15, -0.1) is 0 Å². The first-order valence-corrected chi connectivity index (χ1v) is 12.4. The number of ether oxygens (including phenoxy) is 2. The Balaban J connectivity index is 1.30. The number of aromatic nitrogens is 2. The second kappa shape index (κ2) is 11.4. The molecule has 1 amide bonds. The lowest BCUT2D eigenvalue weighted by Crippen LogP contribution is -2.54. The van der Waals surface area contributed by atoms with Crippen molar-refractivity contribution < 1.29 is 14.3 Å². The molecule has 0 bridgehead atoms. The average molecular weight is 446 g/mol. The number of methoxy groups -OCH3 is 1. The minimum Gasteiger partial charge on any atom is -0.379 e. The zero-order valence-electron chi connectivity index (χ0n) is 19.6. The van der Waals surface area contributed by atoms with Gasteiger partial charge >= 0.3 is 0 Å². The van der Waals surface area contributed by atoms with Crippen molar-refractivity contribution in [2.24, 2.45) is 5.92 Å². The van der Waals surface area contributed by atoms with E-state index in [1.54, 1.807) is 7.11 Å². The van der Waals surface area contributed by atoms with Crippen LogP contribution in [0.3, 0.4) is 0 Å². The normalized spacial score (nSPS) is 25.6. The van der Waals surface area contributed by atoms with Crippen molar-refractivity contribution in [1.29, 1.82) is 0 Å². The molecule has 178 valence electrons. The molecule has 8 nitrogen and oxygen atoms in total. The van der Waals surface area contributed by atoms with E-state index in [0.717, 1.165) is 56.9 Å². The van der Waals surface area contributed by atoms with Crippen molar-refractivity contribution >= 4 is 11.7 Å². The third-order valence-corrected chi connectivity index (χ3v) is 7.41. The van der Waals surface area contributed by atoms with Crippen molar-refractivity contribution in [3.8, 4) is 0 Å². The van der Waals surface area contributed by atoms with Crippen LogP contribution >= 0.6 is 0 Å². The van der Waals surface area contributed by atoms with Gasteiger partial charge in [0.1, 0.15) is 17.8 Å². The standard InChI is InChI=1S/C24H39N5O3/c1-17-22(26-16-27-23(17)25-14-18-6-4-3-5-7-18)24(30)29-11-8-19(9-12-29)28-20-10-13-32-15-21(20)31-2/h16,18-21,28H,3-15H2,1-2H3,(H,25,26,27). The summed E-state index contributed by atoms with van der Waals surface area (Å²) in [5.74, 6) is 1.53. The summed E-state index contributed by atoms with van der Waals surface area (Å²) in [6, 6.07) is 0.724. The SMILES string of the molecule is COC1COCCC1NC1CCN(C(=O)c2ncnc(NCC3CCCCC3)c2C)CC1. The summed E-state index contributed by atoms with van der Waals surface area (Å²) in [4.78, 5) is 23.9. The molecule has 3 aliphatic rings. The van der Waals surface area contributed by atoms with Gasteiger partial charge < -0.3 is 25.0 Å². The molecular weight excluding hydrogens is 406 g/mol. The molecule has 0 spiro atoms. The summed E-state index contributed by atoms with van der Waals surface area (Å²) in [6.07, 6.45) is 11.0. The number of hydrogen-bond acceptors (Lipinski definition) is 7. The number of amides is 1. The van der Waals surface area contributed by atoms with E-state index < -0.39 is 0 Å². The van der Waals surface area contributed by atoms with Crippen molar-refractivity contribution in [3.05, 3.63) is 17.6 Å². The van der Waals surface area contributed by atoms with E-state index in [0.29, 0.717) is 30.3 Å². The minimum absolute atomic E-state index is 0.0184. The number of rotatable bonds is 7. The quantitative estimate of drug-likeness (QED) is 0.667. The number of hydrogen-bond donors (Lipinski definition) is 2. The molecule has 1 aliphatic carbocycles. The first kappa shape index (κ1) is 23.4. The van der Waals surface area contributed by atoms with Crippen molar-refractivity contribution in [2.75, 3.05) is 45.3 Å². The van der Waals surface area contributed by atoms with Gasteiger partial charge in [-0.2, -0.15) is 0 Å². The summed E-state index contributed by atoms with van der Waals surface area (Å²) < 4.78 is 11.1. The molecule has 1 saturated carbocycles. The van der Waals surface area contributed by atoms with Gasteiger partial charge in [-0.05, 0) is 44.9 Å². The second-order valence-electron chi connectivity index (χ2n) is 9.56. The summed E-state index contributed by atoms with van der Waals surface area (Å²) in [7, 11) is 1.75. The fraction of sp³-hybridized carbons (Fsp3) is 0.792. The molecule has 2 N–H and O–H groups in total. The molecule has 3 heterocycles. The minimum atomic E-state index is 0.0184. The zero-order chi connectivity index (χ0) is 22.3. The van der Waals surface area contributed by atoms with E-state index in [1.807, 2.05) is 11.8 Å². The Hall–Kier alpha value is -1.77. The van der Waals surface area contributed by atoms with Gasteiger partial charge in [-0.1, -0.05) is 19.3 Å². The molecule has 8 heteroatoms. The van der Waals surface area contributed by atoms with Crippen LogP contribution in [0, 0.1) is 12.8 Å². The lowest BCUT2D eigenvalue weighted by molar-refractivity contribution is -0.0533. The predicted octanol–water partition coefficient (Wildman–Crippen LogP) is 2.78. The molecule has 2 unspecified atom stereocenters. The van der Waals surface area contributed by atoms with E-state index in [9.17, 15) is 4.79 Å². The van der Waals surface area contributed by atoms with Crippen LogP contribution in [0.25, 0.3) is 0 Å².